The van der Waals surface area contributed by atoms with E-state index < -0.39 is 6.04 Å². The molecule has 2 aromatic carbocycles. The molecule has 0 aliphatic carbocycles. The van der Waals surface area contributed by atoms with Crippen molar-refractivity contribution < 1.29 is 9.13 Å². The molecule has 2 rings (SSSR count). The number of hydrogen-bond donors (Lipinski definition) is 1. The van der Waals surface area contributed by atoms with Crippen LogP contribution in [0.3, 0.4) is 0 Å². The van der Waals surface area contributed by atoms with Gasteiger partial charge in [-0.15, -0.1) is 0 Å². The molecule has 0 amide bonds. The molecule has 4 heteroatoms. The Morgan fingerprint density at radius 2 is 1.95 bits per heavy atom. The third kappa shape index (κ3) is 2.88. The molecular formula is C15H15ClFNO. The van der Waals surface area contributed by atoms with E-state index >= 15 is 0 Å². The summed E-state index contributed by atoms with van der Waals surface area (Å²) in [6.45, 7) is 1.92. The van der Waals surface area contributed by atoms with Crippen molar-refractivity contribution in [2.45, 2.75) is 13.0 Å². The molecule has 0 heterocycles. The van der Waals surface area contributed by atoms with Crippen LogP contribution in [0.2, 0.25) is 5.02 Å². The van der Waals surface area contributed by atoms with Crippen LogP contribution in [0.25, 0.3) is 0 Å². The van der Waals surface area contributed by atoms with Crippen LogP contribution in [0, 0.1) is 12.7 Å². The number of benzene rings is 2. The minimum atomic E-state index is -0.483. The average Bonchev–Trinajstić information content (AvgIpc) is 2.41. The molecule has 0 spiro atoms. The SMILES string of the molecule is COc1ccc(F)cc1C(N)c1ccc(C)c(Cl)c1. The highest BCUT2D eigenvalue weighted by molar-refractivity contribution is 6.31. The van der Waals surface area contributed by atoms with Crippen molar-refractivity contribution in [1.82, 2.24) is 0 Å². The molecule has 0 aliphatic heterocycles. The van der Waals surface area contributed by atoms with E-state index in [0.717, 1.165) is 11.1 Å². The van der Waals surface area contributed by atoms with Gasteiger partial charge in [-0.2, -0.15) is 0 Å². The number of halogens is 2. The van der Waals surface area contributed by atoms with Crippen molar-refractivity contribution in [2.24, 2.45) is 5.73 Å². The lowest BCUT2D eigenvalue weighted by atomic mass is 9.98. The Bertz CT molecular complexity index is 601. The van der Waals surface area contributed by atoms with E-state index in [1.165, 1.54) is 19.2 Å². The van der Waals surface area contributed by atoms with E-state index in [2.05, 4.69) is 0 Å². The van der Waals surface area contributed by atoms with Crippen LogP contribution in [-0.4, -0.2) is 7.11 Å². The van der Waals surface area contributed by atoms with E-state index in [0.29, 0.717) is 16.3 Å². The zero-order chi connectivity index (χ0) is 14.0. The third-order valence-corrected chi connectivity index (χ3v) is 3.49. The van der Waals surface area contributed by atoms with Gasteiger partial charge in [0.05, 0.1) is 13.2 Å². The summed E-state index contributed by atoms with van der Waals surface area (Å²) in [5.41, 5.74) is 8.57. The van der Waals surface area contributed by atoms with Gasteiger partial charge >= 0.3 is 0 Å². The number of ether oxygens (including phenoxy) is 1. The topological polar surface area (TPSA) is 35.2 Å². The maximum absolute atomic E-state index is 13.4. The zero-order valence-corrected chi connectivity index (χ0v) is 11.5. The Morgan fingerprint density at radius 3 is 2.58 bits per heavy atom. The van der Waals surface area contributed by atoms with Gasteiger partial charge in [0.25, 0.3) is 0 Å². The van der Waals surface area contributed by atoms with Crippen molar-refractivity contribution in [2.75, 3.05) is 7.11 Å². The van der Waals surface area contributed by atoms with Crippen molar-refractivity contribution in [1.29, 1.82) is 0 Å². The average molecular weight is 280 g/mol. The first-order valence-electron chi connectivity index (χ1n) is 5.88. The summed E-state index contributed by atoms with van der Waals surface area (Å²) in [6.07, 6.45) is 0. The Kier molecular flexibility index (Phi) is 4.08. The lowest BCUT2D eigenvalue weighted by molar-refractivity contribution is 0.406. The van der Waals surface area contributed by atoms with Gasteiger partial charge in [0.15, 0.2) is 0 Å². The number of rotatable bonds is 3. The molecule has 0 aliphatic rings. The van der Waals surface area contributed by atoms with Gasteiger partial charge in [-0.1, -0.05) is 23.7 Å². The number of aryl methyl sites for hydroxylation is 1. The van der Waals surface area contributed by atoms with Crippen LogP contribution in [0.4, 0.5) is 4.39 Å². The van der Waals surface area contributed by atoms with Crippen LogP contribution in [0.1, 0.15) is 22.7 Å². The second-order valence-electron chi connectivity index (χ2n) is 4.37. The molecule has 2 aromatic rings. The molecule has 0 fully saturated rings. The zero-order valence-electron chi connectivity index (χ0n) is 10.8. The molecule has 1 unspecified atom stereocenters. The van der Waals surface area contributed by atoms with Gasteiger partial charge in [0, 0.05) is 10.6 Å². The lowest BCUT2D eigenvalue weighted by Crippen LogP contribution is -2.13. The van der Waals surface area contributed by atoms with Crippen LogP contribution in [-0.2, 0) is 0 Å². The van der Waals surface area contributed by atoms with E-state index in [1.54, 1.807) is 12.1 Å². The van der Waals surface area contributed by atoms with E-state index in [4.69, 9.17) is 22.1 Å². The number of nitrogens with two attached hydrogens (primary N) is 1. The molecular weight excluding hydrogens is 265 g/mol. The molecule has 2 nitrogen and oxygen atoms in total. The first-order valence-corrected chi connectivity index (χ1v) is 6.26. The smallest absolute Gasteiger partial charge is 0.124 e. The maximum atomic E-state index is 13.4. The van der Waals surface area contributed by atoms with E-state index in [1.807, 2.05) is 19.1 Å². The fraction of sp³-hybridized carbons (Fsp3) is 0.200. The molecule has 100 valence electrons. The van der Waals surface area contributed by atoms with Gasteiger partial charge in [-0.25, -0.2) is 4.39 Å². The van der Waals surface area contributed by atoms with Crippen molar-refractivity contribution in [3.8, 4) is 5.75 Å². The summed E-state index contributed by atoms with van der Waals surface area (Å²) in [5, 5.41) is 0.642. The Hall–Kier alpha value is -1.58. The largest absolute Gasteiger partial charge is 0.496 e. The van der Waals surface area contributed by atoms with Gasteiger partial charge in [0.2, 0.25) is 0 Å². The predicted molar refractivity (Wildman–Crippen MR) is 75.2 cm³/mol. The quantitative estimate of drug-likeness (QED) is 0.926. The standard InChI is InChI=1S/C15H15ClFNO/c1-9-3-4-10(7-13(9)16)15(18)12-8-11(17)5-6-14(12)19-2/h3-8,15H,18H2,1-2H3. The minimum Gasteiger partial charge on any atom is -0.496 e. The summed E-state index contributed by atoms with van der Waals surface area (Å²) in [6, 6.07) is 9.39. The molecule has 0 radical (unpaired) electrons. The van der Waals surface area contributed by atoms with Crippen LogP contribution < -0.4 is 10.5 Å². The second kappa shape index (κ2) is 5.59. The summed E-state index contributed by atoms with van der Waals surface area (Å²) in [4.78, 5) is 0. The monoisotopic (exact) mass is 279 g/mol. The summed E-state index contributed by atoms with van der Waals surface area (Å²) in [7, 11) is 1.53. The molecule has 19 heavy (non-hydrogen) atoms. The number of methoxy groups -OCH3 is 1. The van der Waals surface area contributed by atoms with Gasteiger partial charge in [0.1, 0.15) is 11.6 Å². The summed E-state index contributed by atoms with van der Waals surface area (Å²) >= 11 is 6.09. The second-order valence-corrected chi connectivity index (χ2v) is 4.78. The van der Waals surface area contributed by atoms with E-state index in [9.17, 15) is 4.39 Å². The Morgan fingerprint density at radius 1 is 1.21 bits per heavy atom. The Labute approximate surface area is 117 Å². The molecule has 1 atom stereocenters. The first-order chi connectivity index (χ1) is 9.02. The number of hydrogen-bond acceptors (Lipinski definition) is 2. The van der Waals surface area contributed by atoms with Crippen LogP contribution >= 0.6 is 11.6 Å². The normalized spacial score (nSPS) is 12.3. The van der Waals surface area contributed by atoms with Gasteiger partial charge in [-0.3, -0.25) is 0 Å². The van der Waals surface area contributed by atoms with Crippen molar-refractivity contribution >= 4 is 11.6 Å². The molecule has 0 bridgehead atoms. The first kappa shape index (κ1) is 13.8. The van der Waals surface area contributed by atoms with Crippen LogP contribution in [0.15, 0.2) is 36.4 Å². The van der Waals surface area contributed by atoms with Crippen LogP contribution in [0.5, 0.6) is 5.75 Å². The highest BCUT2D eigenvalue weighted by atomic mass is 35.5. The fourth-order valence-electron chi connectivity index (χ4n) is 1.93. The predicted octanol–water partition coefficient (Wildman–Crippen LogP) is 3.84. The highest BCUT2D eigenvalue weighted by Crippen LogP contribution is 2.30. The minimum absolute atomic E-state index is 0.343. The van der Waals surface area contributed by atoms with Crippen molar-refractivity contribution in [3.05, 3.63) is 63.9 Å². The van der Waals surface area contributed by atoms with E-state index in [-0.39, 0.29) is 5.82 Å². The maximum Gasteiger partial charge on any atom is 0.124 e. The molecule has 0 saturated heterocycles. The summed E-state index contributed by atoms with van der Waals surface area (Å²) < 4.78 is 18.6. The Balaban J connectivity index is 2.45. The molecule has 2 N–H and O–H groups in total. The summed E-state index contributed by atoms with van der Waals surface area (Å²) in [5.74, 6) is 0.218. The highest BCUT2D eigenvalue weighted by Gasteiger charge is 2.15. The van der Waals surface area contributed by atoms with Gasteiger partial charge < -0.3 is 10.5 Å². The third-order valence-electron chi connectivity index (χ3n) is 3.08. The lowest BCUT2D eigenvalue weighted by Gasteiger charge is -2.17. The van der Waals surface area contributed by atoms with Gasteiger partial charge in [-0.05, 0) is 42.3 Å². The molecule has 0 aromatic heterocycles. The van der Waals surface area contributed by atoms with Crippen molar-refractivity contribution in [3.63, 3.8) is 0 Å². The fourth-order valence-corrected chi connectivity index (χ4v) is 2.12. The molecule has 0 saturated carbocycles.